The maximum atomic E-state index is 3.20. The lowest BCUT2D eigenvalue weighted by molar-refractivity contribution is 0.169. The Balaban J connectivity index is 1.96. The second-order valence-corrected chi connectivity index (χ2v) is 6.25. The van der Waals surface area contributed by atoms with E-state index in [1.807, 2.05) is 6.07 Å². The second kappa shape index (κ2) is 4.61. The molecule has 16 heavy (non-hydrogen) atoms. The molecule has 0 unspecified atom stereocenters. The Labute approximate surface area is 100 Å². The predicted molar refractivity (Wildman–Crippen MR) is 69.4 cm³/mol. The molecule has 87 valence electrons. The fraction of sp³-hybridized carbons (Fsp3) is 0.625. The zero-order valence-electron chi connectivity index (χ0n) is 10.8. The van der Waals surface area contributed by atoms with Crippen molar-refractivity contribution in [2.75, 3.05) is 0 Å². The Morgan fingerprint density at radius 3 is 2.31 bits per heavy atom. The van der Waals surface area contributed by atoms with E-state index >= 15 is 0 Å². The highest BCUT2D eigenvalue weighted by Crippen LogP contribution is 2.42. The van der Waals surface area contributed by atoms with Crippen LogP contribution < -0.4 is 0 Å². The van der Waals surface area contributed by atoms with Gasteiger partial charge in [-0.2, -0.15) is 0 Å². The summed E-state index contributed by atoms with van der Waals surface area (Å²) in [4.78, 5) is 0. The van der Waals surface area contributed by atoms with Gasteiger partial charge in [0.25, 0.3) is 0 Å². The lowest BCUT2D eigenvalue weighted by Gasteiger charge is -2.37. The van der Waals surface area contributed by atoms with Gasteiger partial charge in [0.05, 0.1) is 0 Å². The third-order valence-electron chi connectivity index (χ3n) is 4.15. The van der Waals surface area contributed by atoms with Crippen molar-refractivity contribution in [3.05, 3.63) is 35.9 Å². The molecule has 0 spiro atoms. The topological polar surface area (TPSA) is 0 Å². The van der Waals surface area contributed by atoms with Gasteiger partial charge in [0.1, 0.15) is 0 Å². The van der Waals surface area contributed by atoms with Gasteiger partial charge in [-0.25, -0.2) is 0 Å². The third-order valence-corrected chi connectivity index (χ3v) is 4.15. The van der Waals surface area contributed by atoms with Crippen LogP contribution in [-0.4, -0.2) is 0 Å². The first kappa shape index (κ1) is 11.7. The highest BCUT2D eigenvalue weighted by Gasteiger charge is 2.29. The van der Waals surface area contributed by atoms with Gasteiger partial charge >= 0.3 is 0 Å². The Morgan fingerprint density at radius 1 is 1.12 bits per heavy atom. The van der Waals surface area contributed by atoms with Crippen molar-refractivity contribution < 1.29 is 0 Å². The Kier molecular flexibility index (Phi) is 3.37. The van der Waals surface area contributed by atoms with Crippen molar-refractivity contribution in [1.29, 1.82) is 0 Å². The van der Waals surface area contributed by atoms with Gasteiger partial charge in [-0.3, -0.25) is 0 Å². The van der Waals surface area contributed by atoms with E-state index in [9.17, 15) is 0 Å². The van der Waals surface area contributed by atoms with Gasteiger partial charge in [0.15, 0.2) is 0 Å². The van der Waals surface area contributed by atoms with Crippen molar-refractivity contribution in [3.63, 3.8) is 0 Å². The van der Waals surface area contributed by atoms with Crippen LogP contribution in [0.5, 0.6) is 0 Å². The summed E-state index contributed by atoms with van der Waals surface area (Å²) in [6.07, 6.45) is 5.51. The molecule has 0 nitrogen and oxygen atoms in total. The van der Waals surface area contributed by atoms with E-state index in [0.717, 1.165) is 11.8 Å². The summed E-state index contributed by atoms with van der Waals surface area (Å²) < 4.78 is 0. The van der Waals surface area contributed by atoms with Crippen LogP contribution >= 0.6 is 0 Å². The minimum atomic E-state index is 0.494. The lowest BCUT2D eigenvalue weighted by atomic mass is 9.69. The third kappa shape index (κ3) is 2.66. The van der Waals surface area contributed by atoms with Crippen LogP contribution in [0.4, 0.5) is 0 Å². The average Bonchev–Trinajstić information content (AvgIpc) is 2.29. The average molecular weight is 215 g/mol. The minimum Gasteiger partial charge on any atom is -0.0614 e. The molecule has 1 aliphatic rings. The van der Waals surface area contributed by atoms with E-state index < -0.39 is 0 Å². The van der Waals surface area contributed by atoms with Crippen LogP contribution in [0.25, 0.3) is 0 Å². The highest BCUT2D eigenvalue weighted by atomic mass is 14.3. The first-order valence-electron chi connectivity index (χ1n) is 6.53. The van der Waals surface area contributed by atoms with E-state index in [0.29, 0.717) is 5.41 Å². The second-order valence-electron chi connectivity index (χ2n) is 6.25. The summed E-state index contributed by atoms with van der Waals surface area (Å²) in [5.41, 5.74) is 1.99. The Bertz CT molecular complexity index is 310. The molecule has 0 bridgehead atoms. The van der Waals surface area contributed by atoms with Crippen molar-refractivity contribution in [2.24, 2.45) is 11.3 Å². The van der Waals surface area contributed by atoms with Crippen molar-refractivity contribution in [3.8, 4) is 0 Å². The molecule has 0 aromatic heterocycles. The standard InChI is InChI=1S/C16H23/c1-16(2,3)15-11-9-14(10-12-15)13-7-5-4-6-8-13/h4-5,7-8,14-15H,9-12H2,1-3H3. The van der Waals surface area contributed by atoms with E-state index in [2.05, 4.69) is 45.0 Å². The molecule has 2 rings (SSSR count). The highest BCUT2D eigenvalue weighted by molar-refractivity contribution is 5.19. The van der Waals surface area contributed by atoms with E-state index in [1.165, 1.54) is 31.2 Å². The van der Waals surface area contributed by atoms with Gasteiger partial charge in [0, 0.05) is 0 Å². The maximum absolute atomic E-state index is 3.20. The van der Waals surface area contributed by atoms with Crippen molar-refractivity contribution in [1.82, 2.24) is 0 Å². The van der Waals surface area contributed by atoms with Crippen LogP contribution in [0.2, 0.25) is 0 Å². The van der Waals surface area contributed by atoms with Crippen LogP contribution in [0, 0.1) is 17.4 Å². The van der Waals surface area contributed by atoms with Crippen molar-refractivity contribution in [2.45, 2.75) is 52.4 Å². The molecule has 1 aromatic rings. The SMILES string of the molecule is CC(C)(C)C1CCC(c2c[c]ccc2)CC1. The van der Waals surface area contributed by atoms with Crippen LogP contribution in [0.1, 0.15) is 57.9 Å². The fourth-order valence-electron chi connectivity index (χ4n) is 2.95. The predicted octanol–water partition coefficient (Wildman–Crippen LogP) is 4.81. The zero-order valence-corrected chi connectivity index (χ0v) is 10.8. The normalized spacial score (nSPS) is 26.7. The molecule has 1 fully saturated rings. The first-order chi connectivity index (χ1) is 7.57. The molecule has 1 aliphatic carbocycles. The molecule has 0 atom stereocenters. The molecule has 0 aliphatic heterocycles. The summed E-state index contributed by atoms with van der Waals surface area (Å²) >= 11 is 0. The summed E-state index contributed by atoms with van der Waals surface area (Å²) in [6, 6.07) is 11.7. The smallest absolute Gasteiger partial charge is 0.0162 e. The number of hydrogen-bond donors (Lipinski definition) is 0. The molecule has 1 saturated carbocycles. The van der Waals surface area contributed by atoms with E-state index in [-0.39, 0.29) is 0 Å². The quantitative estimate of drug-likeness (QED) is 0.631. The molecule has 0 heteroatoms. The molecule has 1 aromatic carbocycles. The maximum Gasteiger partial charge on any atom is -0.0162 e. The van der Waals surface area contributed by atoms with Gasteiger partial charge in [0.2, 0.25) is 0 Å². The van der Waals surface area contributed by atoms with Gasteiger partial charge in [-0.1, -0.05) is 45.0 Å². The number of hydrogen-bond acceptors (Lipinski definition) is 0. The molecule has 0 heterocycles. The summed E-state index contributed by atoms with van der Waals surface area (Å²) in [5.74, 6) is 1.70. The lowest BCUT2D eigenvalue weighted by Crippen LogP contribution is -2.25. The van der Waals surface area contributed by atoms with Crippen LogP contribution in [0.3, 0.4) is 0 Å². The van der Waals surface area contributed by atoms with Gasteiger partial charge < -0.3 is 0 Å². The van der Waals surface area contributed by atoms with Gasteiger partial charge in [-0.15, -0.1) is 0 Å². The van der Waals surface area contributed by atoms with Gasteiger partial charge in [-0.05, 0) is 54.6 Å². The number of rotatable bonds is 1. The molecular formula is C16H23. The largest absolute Gasteiger partial charge is 0.0614 e. The summed E-state index contributed by atoms with van der Waals surface area (Å²) in [7, 11) is 0. The molecular weight excluding hydrogens is 192 g/mol. The van der Waals surface area contributed by atoms with Crippen LogP contribution in [0.15, 0.2) is 24.3 Å². The zero-order chi connectivity index (χ0) is 11.6. The molecule has 0 N–H and O–H groups in total. The summed E-state index contributed by atoms with van der Waals surface area (Å²) in [6.45, 7) is 7.15. The monoisotopic (exact) mass is 215 g/mol. The number of benzene rings is 1. The first-order valence-corrected chi connectivity index (χ1v) is 6.53. The molecule has 1 radical (unpaired) electrons. The molecule has 0 saturated heterocycles. The van der Waals surface area contributed by atoms with E-state index in [1.54, 1.807) is 0 Å². The Hall–Kier alpha value is -0.780. The van der Waals surface area contributed by atoms with E-state index in [4.69, 9.17) is 0 Å². The fourth-order valence-corrected chi connectivity index (χ4v) is 2.95. The van der Waals surface area contributed by atoms with Crippen LogP contribution in [-0.2, 0) is 0 Å². The van der Waals surface area contributed by atoms with Crippen molar-refractivity contribution >= 4 is 0 Å². The minimum absolute atomic E-state index is 0.494. The Morgan fingerprint density at radius 2 is 1.81 bits per heavy atom. The summed E-state index contributed by atoms with van der Waals surface area (Å²) in [5, 5.41) is 0. The molecule has 0 amide bonds.